The molecule has 1 heterocycles. The van der Waals surface area contributed by atoms with Gasteiger partial charge in [0.25, 0.3) is 0 Å². The Morgan fingerprint density at radius 3 is 2.11 bits per heavy atom. The normalized spacial score (nSPS) is 23.9. The number of carbonyl (C=O) groups excluding carboxylic acids is 2. The first-order valence-corrected chi connectivity index (χ1v) is 12.0. The smallest absolute Gasteiger partial charge is 0.338 e. The summed E-state index contributed by atoms with van der Waals surface area (Å²) >= 11 is 1.27. The molecule has 1 saturated heterocycles. The van der Waals surface area contributed by atoms with Crippen LogP contribution in [0.1, 0.15) is 15.9 Å². The lowest BCUT2D eigenvalue weighted by molar-refractivity contribution is -0.224. The highest BCUT2D eigenvalue weighted by Gasteiger charge is 2.51. The molecule has 0 aromatic heterocycles. The zero-order chi connectivity index (χ0) is 24.6. The van der Waals surface area contributed by atoms with Gasteiger partial charge in [-0.3, -0.25) is 0 Å². The Morgan fingerprint density at radius 1 is 0.886 bits per heavy atom. The monoisotopic (exact) mass is 494 g/mol. The third kappa shape index (κ3) is 6.29. The number of esters is 2. The molecule has 35 heavy (non-hydrogen) atoms. The number of aliphatic hydroxyl groups is 1. The van der Waals surface area contributed by atoms with Crippen molar-refractivity contribution < 1.29 is 33.6 Å². The van der Waals surface area contributed by atoms with E-state index in [1.54, 1.807) is 30.3 Å². The number of thioether (sulfide) groups is 1. The Bertz CT molecular complexity index is 1090. The molecule has 1 aliphatic rings. The molecule has 5 atom stereocenters. The fourth-order valence-corrected chi connectivity index (χ4v) is 4.81. The zero-order valence-electron chi connectivity index (χ0n) is 19.1. The summed E-state index contributed by atoms with van der Waals surface area (Å²) < 4.78 is 22.8. The fraction of sp³-hybridized carbons (Fsp3) is 0.259. The Kier molecular flexibility index (Phi) is 8.54. The van der Waals surface area contributed by atoms with E-state index in [0.29, 0.717) is 5.56 Å². The zero-order valence-corrected chi connectivity index (χ0v) is 19.9. The van der Waals surface area contributed by atoms with Gasteiger partial charge in [-0.1, -0.05) is 78.5 Å². The van der Waals surface area contributed by atoms with Crippen LogP contribution in [0.2, 0.25) is 0 Å². The molecule has 1 N–H and O–H groups in total. The van der Waals surface area contributed by atoms with Gasteiger partial charge in [-0.2, -0.15) is 0 Å². The molecule has 0 amide bonds. The van der Waals surface area contributed by atoms with E-state index in [9.17, 15) is 14.7 Å². The number of aliphatic hydroxyl groups excluding tert-OH is 1. The number of rotatable bonds is 8. The first-order chi connectivity index (χ1) is 17.1. The predicted octanol–water partition coefficient (Wildman–Crippen LogP) is 3.85. The Labute approximate surface area is 208 Å². The summed E-state index contributed by atoms with van der Waals surface area (Å²) in [5.41, 5.74) is 0.363. The van der Waals surface area contributed by atoms with Crippen LogP contribution in [0.3, 0.4) is 0 Å². The van der Waals surface area contributed by atoms with Gasteiger partial charge in [-0.15, -0.1) is 0 Å². The van der Waals surface area contributed by atoms with Crippen LogP contribution in [0.5, 0.6) is 0 Å². The van der Waals surface area contributed by atoms with Crippen LogP contribution in [0.25, 0.3) is 0 Å². The van der Waals surface area contributed by atoms with Crippen molar-refractivity contribution in [3.05, 3.63) is 102 Å². The molecular weight excluding hydrogens is 468 g/mol. The largest absolute Gasteiger partial charge is 0.467 e. The molecular formula is C27H26O7S. The van der Waals surface area contributed by atoms with Crippen molar-refractivity contribution >= 4 is 23.7 Å². The second-order valence-corrected chi connectivity index (χ2v) is 9.04. The summed E-state index contributed by atoms with van der Waals surface area (Å²) in [7, 11) is 1.22. The standard InChI is InChI=1S/C27H26O7S/c1-31-26(30)23-21(28)22(32-17-18-11-5-2-6-12-18)24(33-25(29)19-13-7-3-8-14-19)27(34-23)35-20-15-9-4-10-16-20/h2-16,21-24,27-28H,17H2,1H3/t21-,22-,23+,24+,27+/m0/s1. The highest BCUT2D eigenvalue weighted by atomic mass is 32.2. The van der Waals surface area contributed by atoms with Crippen molar-refractivity contribution in [2.75, 3.05) is 7.11 Å². The van der Waals surface area contributed by atoms with Crippen molar-refractivity contribution in [1.82, 2.24) is 0 Å². The number of hydrogen-bond donors (Lipinski definition) is 1. The van der Waals surface area contributed by atoms with E-state index in [0.717, 1.165) is 10.5 Å². The molecule has 0 saturated carbocycles. The summed E-state index contributed by atoms with van der Waals surface area (Å²) in [5, 5.41) is 11.1. The summed E-state index contributed by atoms with van der Waals surface area (Å²) in [6.45, 7) is 0.137. The van der Waals surface area contributed by atoms with E-state index in [1.807, 2.05) is 60.7 Å². The predicted molar refractivity (Wildman–Crippen MR) is 130 cm³/mol. The van der Waals surface area contributed by atoms with Gasteiger partial charge in [0.05, 0.1) is 19.3 Å². The average Bonchev–Trinajstić information content (AvgIpc) is 2.91. The highest BCUT2D eigenvalue weighted by molar-refractivity contribution is 7.99. The summed E-state index contributed by atoms with van der Waals surface area (Å²) in [6.07, 6.45) is -4.81. The maximum Gasteiger partial charge on any atom is 0.338 e. The van der Waals surface area contributed by atoms with Crippen LogP contribution in [0.4, 0.5) is 0 Å². The van der Waals surface area contributed by atoms with Crippen molar-refractivity contribution in [2.45, 2.75) is 41.4 Å². The van der Waals surface area contributed by atoms with E-state index in [2.05, 4.69) is 0 Å². The highest BCUT2D eigenvalue weighted by Crippen LogP contribution is 2.37. The molecule has 3 aromatic rings. The maximum atomic E-state index is 13.0. The Hall–Kier alpha value is -3.17. The van der Waals surface area contributed by atoms with E-state index < -0.39 is 41.8 Å². The molecule has 0 aliphatic carbocycles. The molecule has 1 aliphatic heterocycles. The summed E-state index contributed by atoms with van der Waals surface area (Å²) in [6, 6.07) is 27.3. The van der Waals surface area contributed by atoms with Crippen molar-refractivity contribution in [3.63, 3.8) is 0 Å². The molecule has 3 aromatic carbocycles. The number of ether oxygens (including phenoxy) is 4. The van der Waals surface area contributed by atoms with E-state index in [4.69, 9.17) is 18.9 Å². The second kappa shape index (κ2) is 12.0. The SMILES string of the molecule is COC(=O)[C@@H]1O[C@H](Sc2ccccc2)[C@H](OC(=O)c2ccccc2)[C@@H](OCc2ccccc2)[C@@H]1O. The molecule has 0 radical (unpaired) electrons. The van der Waals surface area contributed by atoms with Crippen molar-refractivity contribution in [1.29, 1.82) is 0 Å². The van der Waals surface area contributed by atoms with Crippen molar-refractivity contribution in [3.8, 4) is 0 Å². The lowest BCUT2D eigenvalue weighted by Gasteiger charge is -2.42. The van der Waals surface area contributed by atoms with Crippen LogP contribution in [-0.4, -0.2) is 54.0 Å². The number of carbonyl (C=O) groups is 2. The maximum absolute atomic E-state index is 13.0. The van der Waals surface area contributed by atoms with Gasteiger partial charge in [0.2, 0.25) is 0 Å². The molecule has 182 valence electrons. The minimum absolute atomic E-state index is 0.137. The lowest BCUT2D eigenvalue weighted by atomic mass is 9.99. The summed E-state index contributed by atoms with van der Waals surface area (Å²) in [4.78, 5) is 26.3. The summed E-state index contributed by atoms with van der Waals surface area (Å²) in [5.74, 6) is -1.33. The van der Waals surface area contributed by atoms with Gasteiger partial charge in [0.1, 0.15) is 17.6 Å². The van der Waals surface area contributed by atoms with Crippen LogP contribution >= 0.6 is 11.8 Å². The van der Waals surface area contributed by atoms with Gasteiger partial charge < -0.3 is 24.1 Å². The molecule has 0 unspecified atom stereocenters. The average molecular weight is 495 g/mol. The number of methoxy groups -OCH3 is 1. The van der Waals surface area contributed by atoms with E-state index in [-0.39, 0.29) is 6.61 Å². The Morgan fingerprint density at radius 2 is 1.49 bits per heavy atom. The van der Waals surface area contributed by atoms with Crippen LogP contribution in [0.15, 0.2) is 95.9 Å². The fourth-order valence-electron chi connectivity index (χ4n) is 3.71. The molecule has 4 rings (SSSR count). The van der Waals surface area contributed by atoms with Crippen molar-refractivity contribution in [2.24, 2.45) is 0 Å². The second-order valence-electron chi connectivity index (χ2n) is 7.87. The van der Waals surface area contributed by atoms with Crippen LogP contribution in [-0.2, 0) is 30.3 Å². The van der Waals surface area contributed by atoms with Gasteiger partial charge in [0.15, 0.2) is 12.2 Å². The Balaban J connectivity index is 1.65. The number of hydrogen-bond acceptors (Lipinski definition) is 8. The molecule has 8 heteroatoms. The molecule has 1 fully saturated rings. The minimum Gasteiger partial charge on any atom is -0.467 e. The van der Waals surface area contributed by atoms with Crippen LogP contribution < -0.4 is 0 Å². The van der Waals surface area contributed by atoms with Gasteiger partial charge in [0, 0.05) is 4.90 Å². The van der Waals surface area contributed by atoms with Gasteiger partial charge in [-0.25, -0.2) is 9.59 Å². The first kappa shape index (κ1) is 24.9. The van der Waals surface area contributed by atoms with E-state index >= 15 is 0 Å². The van der Waals surface area contributed by atoms with Gasteiger partial charge in [-0.05, 0) is 29.8 Å². The third-order valence-corrected chi connectivity index (χ3v) is 6.64. The van der Waals surface area contributed by atoms with Gasteiger partial charge >= 0.3 is 11.9 Å². The molecule has 7 nitrogen and oxygen atoms in total. The van der Waals surface area contributed by atoms with E-state index in [1.165, 1.54) is 18.9 Å². The number of benzene rings is 3. The molecule has 0 spiro atoms. The third-order valence-electron chi connectivity index (χ3n) is 5.49. The molecule has 0 bridgehead atoms. The minimum atomic E-state index is -1.42. The first-order valence-electron chi connectivity index (χ1n) is 11.1. The quantitative estimate of drug-likeness (QED) is 0.473. The lowest BCUT2D eigenvalue weighted by Crippen LogP contribution is -2.61. The van der Waals surface area contributed by atoms with Crippen LogP contribution in [0, 0.1) is 0 Å². The topological polar surface area (TPSA) is 91.3 Å².